The van der Waals surface area contributed by atoms with Crippen LogP contribution in [0.4, 0.5) is 4.39 Å². The molecule has 1 aromatic heterocycles. The minimum atomic E-state index is -0.815. The predicted octanol–water partition coefficient (Wildman–Crippen LogP) is 7.31. The number of hydrogen-bond acceptors (Lipinski definition) is 6. The lowest BCUT2D eigenvalue weighted by molar-refractivity contribution is -0.194. The van der Waals surface area contributed by atoms with E-state index in [1.807, 2.05) is 24.3 Å². The topological polar surface area (TPSA) is 62.7 Å². The third kappa shape index (κ3) is 10.4. The number of alkyl halides is 1. The van der Waals surface area contributed by atoms with Crippen LogP contribution < -0.4 is 9.47 Å². The Morgan fingerprint density at radius 1 is 0.917 bits per heavy atom. The molecule has 1 fully saturated rings. The van der Waals surface area contributed by atoms with Gasteiger partial charge >= 0.3 is 0 Å². The lowest BCUT2D eigenvalue weighted by Gasteiger charge is -2.28. The predicted molar refractivity (Wildman–Crippen MR) is 140 cm³/mol. The van der Waals surface area contributed by atoms with Gasteiger partial charge in [0.2, 0.25) is 0 Å². The molecule has 3 rings (SSSR count). The van der Waals surface area contributed by atoms with Crippen LogP contribution in [0, 0.1) is 0 Å². The van der Waals surface area contributed by atoms with Gasteiger partial charge in [0.1, 0.15) is 18.5 Å². The largest absolute Gasteiger partial charge is 0.491 e. The molecule has 0 radical (unpaired) electrons. The van der Waals surface area contributed by atoms with Crippen molar-refractivity contribution >= 4 is 0 Å². The van der Waals surface area contributed by atoms with Crippen LogP contribution in [0.5, 0.6) is 11.5 Å². The molecule has 0 N–H and O–H groups in total. The first-order chi connectivity index (χ1) is 17.7. The fraction of sp³-hybridized carbons (Fsp3) is 0.655. The first-order valence-electron chi connectivity index (χ1n) is 13.8. The van der Waals surface area contributed by atoms with Gasteiger partial charge in [0.15, 0.2) is 17.9 Å². The van der Waals surface area contributed by atoms with E-state index in [-0.39, 0.29) is 12.4 Å². The number of unbranched alkanes of at least 4 members (excludes halogenated alkanes) is 3. The Morgan fingerprint density at radius 3 is 2.39 bits per heavy atom. The van der Waals surface area contributed by atoms with Gasteiger partial charge < -0.3 is 18.9 Å². The molecule has 0 spiro atoms. The summed E-state index contributed by atoms with van der Waals surface area (Å²) in [6.45, 7) is 5.89. The highest BCUT2D eigenvalue weighted by Gasteiger charge is 2.20. The van der Waals surface area contributed by atoms with Crippen LogP contribution in [0.2, 0.25) is 0 Å². The molecule has 200 valence electrons. The highest BCUT2D eigenvalue weighted by molar-refractivity contribution is 5.56. The molecule has 0 bridgehead atoms. The van der Waals surface area contributed by atoms with Crippen LogP contribution in [0.25, 0.3) is 11.4 Å². The molecule has 7 heteroatoms. The third-order valence-electron chi connectivity index (χ3n) is 6.36. The average Bonchev–Trinajstić information content (AvgIpc) is 2.92. The maximum atomic E-state index is 13.8. The van der Waals surface area contributed by atoms with Crippen LogP contribution in [0.15, 0.2) is 36.7 Å². The standard InChI is InChI=1S/C29H43FN2O4/c1-3-5-7-11-26(36-28-12-8-9-18-34-28)22-35-25-15-13-23(14-16-25)29-31-20-27(21-32-29)33-19-17-24(30)10-6-4-2/h13-16,20-21,24,26,28H,3-12,17-19,22H2,1-2H3/t24-,26-,28?/m0/s1. The maximum absolute atomic E-state index is 13.8. The molecule has 0 saturated carbocycles. The van der Waals surface area contributed by atoms with Gasteiger partial charge in [0.25, 0.3) is 0 Å². The van der Waals surface area contributed by atoms with E-state index in [9.17, 15) is 4.39 Å². The monoisotopic (exact) mass is 502 g/mol. The highest BCUT2D eigenvalue weighted by Crippen LogP contribution is 2.23. The maximum Gasteiger partial charge on any atom is 0.159 e. The van der Waals surface area contributed by atoms with Crippen molar-refractivity contribution in [3.8, 4) is 22.9 Å². The van der Waals surface area contributed by atoms with Gasteiger partial charge in [0, 0.05) is 18.6 Å². The summed E-state index contributed by atoms with van der Waals surface area (Å²) >= 11 is 0. The second-order valence-electron chi connectivity index (χ2n) is 9.50. The normalized spacial score (nSPS) is 17.5. The number of aromatic nitrogens is 2. The Balaban J connectivity index is 1.46. The Labute approximate surface area is 215 Å². The summed E-state index contributed by atoms with van der Waals surface area (Å²) in [5.41, 5.74) is 0.892. The van der Waals surface area contributed by atoms with Gasteiger partial charge in [-0.3, -0.25) is 0 Å². The number of halogens is 1. The quantitative estimate of drug-likeness (QED) is 0.211. The molecule has 1 unspecified atom stereocenters. The molecule has 2 heterocycles. The summed E-state index contributed by atoms with van der Waals surface area (Å²) in [4.78, 5) is 8.80. The Morgan fingerprint density at radius 2 is 1.69 bits per heavy atom. The van der Waals surface area contributed by atoms with Crippen LogP contribution in [0.1, 0.15) is 84.5 Å². The van der Waals surface area contributed by atoms with Gasteiger partial charge in [-0.15, -0.1) is 0 Å². The van der Waals surface area contributed by atoms with E-state index in [4.69, 9.17) is 18.9 Å². The van der Waals surface area contributed by atoms with E-state index in [0.29, 0.717) is 37.6 Å². The molecule has 0 aliphatic carbocycles. The molecule has 1 aliphatic rings. The molecule has 1 saturated heterocycles. The van der Waals surface area contributed by atoms with E-state index < -0.39 is 6.17 Å². The summed E-state index contributed by atoms with van der Waals surface area (Å²) in [5, 5.41) is 0. The van der Waals surface area contributed by atoms with Gasteiger partial charge in [-0.25, -0.2) is 14.4 Å². The van der Waals surface area contributed by atoms with Crippen molar-refractivity contribution in [1.29, 1.82) is 0 Å². The first kappa shape index (κ1) is 28.3. The number of hydrogen-bond donors (Lipinski definition) is 0. The minimum Gasteiger partial charge on any atom is -0.491 e. The second kappa shape index (κ2) is 16.5. The van der Waals surface area contributed by atoms with E-state index >= 15 is 0 Å². The number of benzene rings is 1. The summed E-state index contributed by atoms with van der Waals surface area (Å²) in [7, 11) is 0. The van der Waals surface area contributed by atoms with Crippen molar-refractivity contribution in [2.24, 2.45) is 0 Å². The van der Waals surface area contributed by atoms with Gasteiger partial charge in [-0.1, -0.05) is 46.0 Å². The molecule has 6 nitrogen and oxygen atoms in total. The number of rotatable bonds is 17. The van der Waals surface area contributed by atoms with Gasteiger partial charge in [0.05, 0.1) is 25.1 Å². The molecule has 1 aliphatic heterocycles. The van der Waals surface area contributed by atoms with E-state index in [0.717, 1.165) is 62.9 Å². The van der Waals surface area contributed by atoms with E-state index in [1.165, 1.54) is 12.8 Å². The fourth-order valence-electron chi connectivity index (χ4n) is 4.15. The van der Waals surface area contributed by atoms with E-state index in [1.54, 1.807) is 12.4 Å². The van der Waals surface area contributed by atoms with Crippen molar-refractivity contribution in [2.45, 2.75) is 103 Å². The molecule has 2 aromatic rings. The SMILES string of the molecule is CCCCC[C@@H](COc1ccc(-c2ncc(OCC[C@@H](F)CCCC)cn2)cc1)OC1CCCCO1. The average molecular weight is 503 g/mol. The lowest BCUT2D eigenvalue weighted by atomic mass is 10.1. The number of ether oxygens (including phenoxy) is 4. The van der Waals surface area contributed by atoms with Crippen LogP contribution in [0.3, 0.4) is 0 Å². The zero-order valence-electron chi connectivity index (χ0n) is 22.0. The Kier molecular flexibility index (Phi) is 13.0. The fourth-order valence-corrected chi connectivity index (χ4v) is 4.15. The Bertz CT molecular complexity index is 828. The van der Waals surface area contributed by atoms with Crippen LogP contribution >= 0.6 is 0 Å². The zero-order valence-corrected chi connectivity index (χ0v) is 22.0. The number of nitrogens with zero attached hydrogens (tertiary/aromatic N) is 2. The lowest BCUT2D eigenvalue weighted by Crippen LogP contribution is -2.31. The van der Waals surface area contributed by atoms with Crippen molar-refractivity contribution < 1.29 is 23.3 Å². The van der Waals surface area contributed by atoms with Crippen molar-refractivity contribution in [3.05, 3.63) is 36.7 Å². The first-order valence-corrected chi connectivity index (χ1v) is 13.8. The van der Waals surface area contributed by atoms with E-state index in [2.05, 4.69) is 23.8 Å². The molecular formula is C29H43FN2O4. The molecule has 3 atom stereocenters. The molecule has 0 amide bonds. The van der Waals surface area contributed by atoms with Crippen LogP contribution in [-0.4, -0.2) is 48.4 Å². The smallest absolute Gasteiger partial charge is 0.159 e. The van der Waals surface area contributed by atoms with Crippen molar-refractivity contribution in [2.75, 3.05) is 19.8 Å². The third-order valence-corrected chi connectivity index (χ3v) is 6.36. The Hall–Kier alpha value is -2.25. The van der Waals surface area contributed by atoms with Gasteiger partial charge in [-0.2, -0.15) is 0 Å². The molecule has 36 heavy (non-hydrogen) atoms. The molecule has 1 aromatic carbocycles. The minimum absolute atomic E-state index is 0.0227. The summed E-state index contributed by atoms with van der Waals surface area (Å²) in [6, 6.07) is 7.76. The molecular weight excluding hydrogens is 459 g/mol. The summed E-state index contributed by atoms with van der Waals surface area (Å²) in [6.07, 6.45) is 13.0. The highest BCUT2D eigenvalue weighted by atomic mass is 19.1. The van der Waals surface area contributed by atoms with Crippen molar-refractivity contribution in [3.63, 3.8) is 0 Å². The van der Waals surface area contributed by atoms with Crippen molar-refractivity contribution in [1.82, 2.24) is 9.97 Å². The van der Waals surface area contributed by atoms with Crippen LogP contribution in [-0.2, 0) is 9.47 Å². The summed E-state index contributed by atoms with van der Waals surface area (Å²) in [5.74, 6) is 1.95. The zero-order chi connectivity index (χ0) is 25.4. The van der Waals surface area contributed by atoms with Gasteiger partial charge in [-0.05, 0) is 56.4 Å². The summed E-state index contributed by atoms with van der Waals surface area (Å²) < 4.78 is 37.4. The second-order valence-corrected chi connectivity index (χ2v) is 9.50.